The summed E-state index contributed by atoms with van der Waals surface area (Å²) in [6, 6.07) is 4.80. The van der Waals surface area contributed by atoms with E-state index in [1.165, 1.54) is 5.69 Å². The van der Waals surface area contributed by atoms with Crippen LogP contribution in [0.4, 0.5) is 5.69 Å². The second kappa shape index (κ2) is 6.87. The van der Waals surface area contributed by atoms with Gasteiger partial charge in [0.2, 0.25) is 0 Å². The molecule has 1 aromatic rings. The fourth-order valence-electron chi connectivity index (χ4n) is 2.65. The number of aromatic nitrogens is 1. The number of rotatable bonds is 5. The minimum Gasteiger partial charge on any atom is -0.383 e. The molecule has 4 heteroatoms. The van der Waals surface area contributed by atoms with Crippen LogP contribution in [0.15, 0.2) is 12.1 Å². The molecule has 19 heavy (non-hydrogen) atoms. The van der Waals surface area contributed by atoms with Gasteiger partial charge in [0.1, 0.15) is 0 Å². The summed E-state index contributed by atoms with van der Waals surface area (Å²) in [5, 5.41) is 3.55. The van der Waals surface area contributed by atoms with E-state index in [1.54, 1.807) is 0 Å². The highest BCUT2D eigenvalue weighted by atomic mass is 16.5. The fourth-order valence-corrected chi connectivity index (χ4v) is 2.65. The van der Waals surface area contributed by atoms with Crippen LogP contribution in [0.3, 0.4) is 0 Å². The Morgan fingerprint density at radius 3 is 2.47 bits per heavy atom. The lowest BCUT2D eigenvalue weighted by Crippen LogP contribution is -2.46. The molecule has 1 N–H and O–H groups in total. The summed E-state index contributed by atoms with van der Waals surface area (Å²) in [6.07, 6.45) is 1.16. The molecule has 0 bridgehead atoms. The Bertz CT molecular complexity index is 382. The SMILES string of the molecule is CC[C@H](CNc1cc(C)nc(C)c1)N1CCOCC1. The predicted molar refractivity (Wildman–Crippen MR) is 78.7 cm³/mol. The molecule has 0 unspecified atom stereocenters. The Morgan fingerprint density at radius 2 is 1.89 bits per heavy atom. The molecule has 1 saturated heterocycles. The Kier molecular flexibility index (Phi) is 5.16. The average molecular weight is 263 g/mol. The Labute approximate surface area is 116 Å². The van der Waals surface area contributed by atoms with E-state index in [2.05, 4.69) is 34.3 Å². The van der Waals surface area contributed by atoms with E-state index in [-0.39, 0.29) is 0 Å². The van der Waals surface area contributed by atoms with E-state index in [1.807, 2.05) is 13.8 Å². The summed E-state index contributed by atoms with van der Waals surface area (Å²) in [6.45, 7) is 11.1. The molecule has 1 aliphatic rings. The first kappa shape index (κ1) is 14.3. The molecule has 0 aliphatic carbocycles. The van der Waals surface area contributed by atoms with Gasteiger partial charge in [0, 0.05) is 42.8 Å². The third-order valence-electron chi connectivity index (χ3n) is 3.66. The standard InChI is InChI=1S/C15H25N3O/c1-4-15(18-5-7-19-8-6-18)11-16-14-9-12(2)17-13(3)10-14/h9-10,15H,4-8,11H2,1-3H3,(H,16,17)/t15-/m1/s1. The van der Waals surface area contributed by atoms with Gasteiger partial charge in [-0.15, -0.1) is 0 Å². The second-order valence-electron chi connectivity index (χ2n) is 5.23. The van der Waals surface area contributed by atoms with E-state index in [9.17, 15) is 0 Å². The molecule has 1 aromatic heterocycles. The van der Waals surface area contributed by atoms with Crippen LogP contribution < -0.4 is 5.32 Å². The van der Waals surface area contributed by atoms with Crippen molar-refractivity contribution in [1.82, 2.24) is 9.88 Å². The van der Waals surface area contributed by atoms with Gasteiger partial charge in [-0.3, -0.25) is 9.88 Å². The highest BCUT2D eigenvalue weighted by molar-refractivity contribution is 5.45. The van der Waals surface area contributed by atoms with Gasteiger partial charge in [-0.05, 0) is 32.4 Å². The molecule has 2 heterocycles. The van der Waals surface area contributed by atoms with Gasteiger partial charge in [-0.1, -0.05) is 6.92 Å². The highest BCUT2D eigenvalue weighted by Gasteiger charge is 2.19. The van der Waals surface area contributed by atoms with Gasteiger partial charge in [0.25, 0.3) is 0 Å². The second-order valence-corrected chi connectivity index (χ2v) is 5.23. The van der Waals surface area contributed by atoms with Crippen molar-refractivity contribution in [3.63, 3.8) is 0 Å². The van der Waals surface area contributed by atoms with Gasteiger partial charge < -0.3 is 10.1 Å². The van der Waals surface area contributed by atoms with Crippen LogP contribution in [0.1, 0.15) is 24.7 Å². The van der Waals surface area contributed by atoms with Crippen molar-refractivity contribution >= 4 is 5.69 Å². The molecule has 0 aromatic carbocycles. The van der Waals surface area contributed by atoms with Crippen LogP contribution in [0.2, 0.25) is 0 Å². The molecule has 106 valence electrons. The zero-order chi connectivity index (χ0) is 13.7. The molecular weight excluding hydrogens is 238 g/mol. The van der Waals surface area contributed by atoms with Gasteiger partial charge >= 0.3 is 0 Å². The van der Waals surface area contributed by atoms with E-state index < -0.39 is 0 Å². The quantitative estimate of drug-likeness (QED) is 0.884. The Hall–Kier alpha value is -1.13. The Morgan fingerprint density at radius 1 is 1.26 bits per heavy atom. The fraction of sp³-hybridized carbons (Fsp3) is 0.667. The number of morpholine rings is 1. The highest BCUT2D eigenvalue weighted by Crippen LogP contribution is 2.13. The molecular formula is C15H25N3O. The maximum absolute atomic E-state index is 5.42. The summed E-state index contributed by atoms with van der Waals surface area (Å²) in [5.74, 6) is 0. The summed E-state index contributed by atoms with van der Waals surface area (Å²) >= 11 is 0. The van der Waals surface area contributed by atoms with Crippen molar-refractivity contribution in [2.24, 2.45) is 0 Å². The molecule has 4 nitrogen and oxygen atoms in total. The van der Waals surface area contributed by atoms with Crippen molar-refractivity contribution in [2.45, 2.75) is 33.2 Å². The minimum atomic E-state index is 0.581. The van der Waals surface area contributed by atoms with Crippen LogP contribution in [-0.2, 0) is 4.74 Å². The topological polar surface area (TPSA) is 37.4 Å². The third-order valence-corrected chi connectivity index (χ3v) is 3.66. The monoisotopic (exact) mass is 263 g/mol. The minimum absolute atomic E-state index is 0.581. The van der Waals surface area contributed by atoms with Crippen molar-refractivity contribution in [3.8, 4) is 0 Å². The summed E-state index contributed by atoms with van der Waals surface area (Å²) in [4.78, 5) is 6.93. The molecule has 0 amide bonds. The lowest BCUT2D eigenvalue weighted by molar-refractivity contribution is 0.0184. The number of ether oxygens (including phenoxy) is 1. The lowest BCUT2D eigenvalue weighted by Gasteiger charge is -2.34. The first-order chi connectivity index (χ1) is 9.19. The summed E-state index contributed by atoms with van der Waals surface area (Å²) in [7, 11) is 0. The van der Waals surface area contributed by atoms with E-state index in [0.29, 0.717) is 6.04 Å². The molecule has 0 saturated carbocycles. The van der Waals surface area contributed by atoms with Gasteiger partial charge in [-0.25, -0.2) is 0 Å². The number of nitrogens with zero attached hydrogens (tertiary/aromatic N) is 2. The van der Waals surface area contributed by atoms with Crippen LogP contribution in [0.25, 0.3) is 0 Å². The molecule has 0 spiro atoms. The van der Waals surface area contributed by atoms with Gasteiger partial charge in [0.15, 0.2) is 0 Å². The smallest absolute Gasteiger partial charge is 0.0594 e. The van der Waals surface area contributed by atoms with Crippen LogP contribution >= 0.6 is 0 Å². The zero-order valence-electron chi connectivity index (χ0n) is 12.3. The predicted octanol–water partition coefficient (Wildman–Crippen LogP) is 2.22. The van der Waals surface area contributed by atoms with E-state index in [4.69, 9.17) is 4.74 Å². The number of hydrogen-bond acceptors (Lipinski definition) is 4. The van der Waals surface area contributed by atoms with Crippen molar-refractivity contribution in [1.29, 1.82) is 0 Å². The Balaban J connectivity index is 1.91. The first-order valence-electron chi connectivity index (χ1n) is 7.20. The van der Waals surface area contributed by atoms with Crippen molar-refractivity contribution < 1.29 is 4.74 Å². The number of anilines is 1. The number of pyridine rings is 1. The summed E-state index contributed by atoms with van der Waals surface area (Å²) in [5.41, 5.74) is 3.32. The summed E-state index contributed by atoms with van der Waals surface area (Å²) < 4.78 is 5.42. The first-order valence-corrected chi connectivity index (χ1v) is 7.20. The molecule has 1 aliphatic heterocycles. The van der Waals surface area contributed by atoms with Crippen molar-refractivity contribution in [2.75, 3.05) is 38.2 Å². The van der Waals surface area contributed by atoms with E-state index in [0.717, 1.165) is 50.7 Å². The molecule has 1 fully saturated rings. The molecule has 0 radical (unpaired) electrons. The normalized spacial score (nSPS) is 18.3. The van der Waals surface area contributed by atoms with E-state index >= 15 is 0 Å². The molecule has 1 atom stereocenters. The largest absolute Gasteiger partial charge is 0.383 e. The number of aryl methyl sites for hydroxylation is 2. The van der Waals surface area contributed by atoms with Crippen LogP contribution in [0.5, 0.6) is 0 Å². The zero-order valence-corrected chi connectivity index (χ0v) is 12.3. The maximum Gasteiger partial charge on any atom is 0.0594 e. The third kappa shape index (κ3) is 4.18. The number of hydrogen-bond donors (Lipinski definition) is 1. The van der Waals surface area contributed by atoms with Crippen LogP contribution in [-0.4, -0.2) is 48.8 Å². The average Bonchev–Trinajstić information content (AvgIpc) is 2.39. The molecule has 2 rings (SSSR count). The van der Waals surface area contributed by atoms with Crippen molar-refractivity contribution in [3.05, 3.63) is 23.5 Å². The maximum atomic E-state index is 5.42. The number of nitrogens with one attached hydrogen (secondary N) is 1. The van der Waals surface area contributed by atoms with Crippen LogP contribution in [0, 0.1) is 13.8 Å². The van der Waals surface area contributed by atoms with Gasteiger partial charge in [-0.2, -0.15) is 0 Å². The lowest BCUT2D eigenvalue weighted by atomic mass is 10.1. The van der Waals surface area contributed by atoms with Gasteiger partial charge in [0.05, 0.1) is 13.2 Å².